The van der Waals surface area contributed by atoms with Crippen molar-refractivity contribution in [2.24, 2.45) is 0 Å². The quantitative estimate of drug-likeness (QED) is 0.275. The molecule has 11 nitrogen and oxygen atoms in total. The molecule has 0 N–H and O–H groups in total. The molecule has 0 radical (unpaired) electrons. The first kappa shape index (κ1) is 23.7. The Bertz CT molecular complexity index is 1160. The van der Waals surface area contributed by atoms with Crippen LogP contribution in [0, 0.1) is 20.2 Å². The van der Waals surface area contributed by atoms with Gasteiger partial charge >= 0.3 is 5.69 Å². The number of thioether (sulfide) groups is 1. The lowest BCUT2D eigenvalue weighted by Crippen LogP contribution is -2.28. The molecule has 1 fully saturated rings. The fraction of sp³-hybridized carbons (Fsp3) is 0.238. The van der Waals surface area contributed by atoms with Crippen LogP contribution >= 0.6 is 11.8 Å². The van der Waals surface area contributed by atoms with Crippen LogP contribution in [0.2, 0.25) is 0 Å². The number of rotatable bonds is 9. The molecule has 3 rings (SSSR count). The summed E-state index contributed by atoms with van der Waals surface area (Å²) in [4.78, 5) is 46.7. The Morgan fingerprint density at radius 1 is 1.00 bits per heavy atom. The number of carbonyl (C=O) groups is 2. The number of ether oxygens (including phenoxy) is 2. The van der Waals surface area contributed by atoms with E-state index < -0.39 is 21.2 Å². The smallest absolute Gasteiger partial charge is 0.318 e. The predicted octanol–water partition coefficient (Wildman–Crippen LogP) is 5.14. The van der Waals surface area contributed by atoms with Crippen LogP contribution in [0.1, 0.15) is 25.8 Å². The third-order valence-electron chi connectivity index (χ3n) is 4.46. The van der Waals surface area contributed by atoms with Gasteiger partial charge in [-0.1, -0.05) is 13.0 Å². The van der Waals surface area contributed by atoms with E-state index in [1.807, 2.05) is 6.92 Å². The molecule has 12 heteroatoms. The minimum absolute atomic E-state index is 0.144. The van der Waals surface area contributed by atoms with Crippen molar-refractivity contribution in [1.82, 2.24) is 4.90 Å². The summed E-state index contributed by atoms with van der Waals surface area (Å²) in [5.41, 5.74) is -0.447. The Morgan fingerprint density at radius 2 is 1.73 bits per heavy atom. The Morgan fingerprint density at radius 3 is 2.36 bits per heavy atom. The number of imide groups is 1. The van der Waals surface area contributed by atoms with Crippen molar-refractivity contribution in [3.05, 3.63) is 67.1 Å². The molecule has 0 bridgehead atoms. The third kappa shape index (κ3) is 5.29. The number of non-ortho nitro benzene ring substituents is 1. The van der Waals surface area contributed by atoms with Crippen LogP contribution in [-0.4, -0.2) is 39.0 Å². The van der Waals surface area contributed by atoms with Gasteiger partial charge in [0.2, 0.25) is 5.75 Å². The zero-order chi connectivity index (χ0) is 24.1. The Balaban J connectivity index is 1.93. The molecule has 0 atom stereocenters. The molecule has 1 aliphatic rings. The van der Waals surface area contributed by atoms with Crippen molar-refractivity contribution < 1.29 is 28.9 Å². The third-order valence-corrected chi connectivity index (χ3v) is 5.36. The van der Waals surface area contributed by atoms with Crippen LogP contribution in [0.15, 0.2) is 41.3 Å². The van der Waals surface area contributed by atoms with Crippen molar-refractivity contribution in [1.29, 1.82) is 0 Å². The van der Waals surface area contributed by atoms with E-state index in [-0.39, 0.29) is 39.9 Å². The minimum Gasteiger partial charge on any atom is -0.490 e. The maximum atomic E-state index is 12.5. The van der Waals surface area contributed by atoms with Gasteiger partial charge in [0, 0.05) is 12.6 Å². The van der Waals surface area contributed by atoms with Crippen LogP contribution in [-0.2, 0) is 4.79 Å². The molecule has 2 aromatic carbocycles. The van der Waals surface area contributed by atoms with Crippen LogP contribution < -0.4 is 9.47 Å². The van der Waals surface area contributed by atoms with E-state index in [9.17, 15) is 29.8 Å². The Labute approximate surface area is 192 Å². The van der Waals surface area contributed by atoms with Crippen LogP contribution in [0.25, 0.3) is 6.08 Å². The summed E-state index contributed by atoms with van der Waals surface area (Å²) >= 11 is 0.848. The maximum absolute atomic E-state index is 12.5. The summed E-state index contributed by atoms with van der Waals surface area (Å²) in [5, 5.41) is 22.0. The lowest BCUT2D eigenvalue weighted by Gasteiger charge is -2.13. The fourth-order valence-electron chi connectivity index (χ4n) is 3.00. The van der Waals surface area contributed by atoms with Crippen molar-refractivity contribution in [3.63, 3.8) is 0 Å². The molecular weight excluding hydrogens is 454 g/mol. The molecule has 1 aliphatic heterocycles. The van der Waals surface area contributed by atoms with Gasteiger partial charge in [-0.15, -0.1) is 0 Å². The molecular formula is C21H19N3O8S. The zero-order valence-electron chi connectivity index (χ0n) is 17.7. The first-order valence-electron chi connectivity index (χ1n) is 9.88. The molecule has 172 valence electrons. The number of hydrogen-bond acceptors (Lipinski definition) is 9. The fourth-order valence-corrected chi connectivity index (χ4v) is 3.87. The number of nitro groups is 2. The van der Waals surface area contributed by atoms with Gasteiger partial charge in [-0.05, 0) is 54.9 Å². The first-order valence-corrected chi connectivity index (χ1v) is 10.7. The lowest BCUT2D eigenvalue weighted by atomic mass is 10.1. The van der Waals surface area contributed by atoms with E-state index in [2.05, 4.69) is 0 Å². The molecule has 33 heavy (non-hydrogen) atoms. The van der Waals surface area contributed by atoms with Crippen molar-refractivity contribution in [3.8, 4) is 17.2 Å². The van der Waals surface area contributed by atoms with Gasteiger partial charge in [-0.3, -0.25) is 34.7 Å². The molecule has 0 saturated carbocycles. The maximum Gasteiger partial charge on any atom is 0.318 e. The largest absolute Gasteiger partial charge is 0.490 e. The van der Waals surface area contributed by atoms with E-state index in [0.29, 0.717) is 18.5 Å². The normalized spacial score (nSPS) is 14.6. The number of amides is 2. The standard InChI is InChI=1S/C21H19N3O8S/c1-3-9-22-20(25)19(33-21(22)26)11-13-5-7-17(18(10-13)31-4-2)32-16-8-6-14(23(27)28)12-15(16)24(29)30/h5-8,10-12H,3-4,9H2,1-2H3/b19-11+. The average molecular weight is 473 g/mol. The van der Waals surface area contributed by atoms with Gasteiger partial charge < -0.3 is 9.47 Å². The highest BCUT2D eigenvalue weighted by molar-refractivity contribution is 8.18. The molecule has 1 heterocycles. The topological polar surface area (TPSA) is 142 Å². The monoisotopic (exact) mass is 473 g/mol. The summed E-state index contributed by atoms with van der Waals surface area (Å²) in [6.07, 6.45) is 2.21. The Kier molecular flexibility index (Phi) is 7.28. The van der Waals surface area contributed by atoms with E-state index in [1.165, 1.54) is 11.0 Å². The highest BCUT2D eigenvalue weighted by Crippen LogP contribution is 2.39. The summed E-state index contributed by atoms with van der Waals surface area (Å²) < 4.78 is 11.2. The van der Waals surface area contributed by atoms with Gasteiger partial charge in [0.15, 0.2) is 11.5 Å². The van der Waals surface area contributed by atoms with Crippen molar-refractivity contribution in [2.45, 2.75) is 20.3 Å². The van der Waals surface area contributed by atoms with E-state index in [1.54, 1.807) is 25.1 Å². The molecule has 2 aromatic rings. The Hall–Kier alpha value is -3.93. The van der Waals surface area contributed by atoms with Gasteiger partial charge in [0.1, 0.15) is 0 Å². The van der Waals surface area contributed by atoms with Gasteiger partial charge in [0.25, 0.3) is 16.8 Å². The minimum atomic E-state index is -0.774. The molecule has 2 amide bonds. The first-order chi connectivity index (χ1) is 15.7. The van der Waals surface area contributed by atoms with E-state index >= 15 is 0 Å². The van der Waals surface area contributed by atoms with Gasteiger partial charge in [0.05, 0.1) is 27.4 Å². The lowest BCUT2D eigenvalue weighted by molar-refractivity contribution is -0.394. The number of hydrogen-bond donors (Lipinski definition) is 0. The molecule has 0 spiro atoms. The molecule has 0 aliphatic carbocycles. The number of nitro benzene ring substituents is 2. The highest BCUT2D eigenvalue weighted by atomic mass is 32.2. The predicted molar refractivity (Wildman–Crippen MR) is 120 cm³/mol. The van der Waals surface area contributed by atoms with E-state index in [0.717, 1.165) is 30.0 Å². The second-order valence-corrected chi connectivity index (χ2v) is 7.73. The zero-order valence-corrected chi connectivity index (χ0v) is 18.5. The average Bonchev–Trinajstić information content (AvgIpc) is 3.03. The summed E-state index contributed by atoms with van der Waals surface area (Å²) in [6.45, 7) is 4.21. The van der Waals surface area contributed by atoms with Crippen LogP contribution in [0.5, 0.6) is 17.2 Å². The molecule has 1 saturated heterocycles. The molecule has 0 unspecified atom stereocenters. The second kappa shape index (κ2) is 10.1. The van der Waals surface area contributed by atoms with Gasteiger partial charge in [-0.25, -0.2) is 0 Å². The SMILES string of the molecule is CCCN1C(=O)S/C(=C/c2ccc(Oc3ccc([N+](=O)[O-])cc3[N+](=O)[O-])c(OCC)c2)C1=O. The van der Waals surface area contributed by atoms with Crippen molar-refractivity contribution >= 4 is 40.4 Å². The summed E-state index contributed by atoms with van der Waals surface area (Å²) in [6, 6.07) is 7.73. The summed E-state index contributed by atoms with van der Waals surface area (Å²) in [5.74, 6) is -0.177. The number of carbonyl (C=O) groups excluding carboxylic acids is 2. The second-order valence-electron chi connectivity index (χ2n) is 6.74. The highest BCUT2D eigenvalue weighted by Gasteiger charge is 2.34. The number of nitrogens with zero attached hydrogens (tertiary/aromatic N) is 3. The molecule has 0 aromatic heterocycles. The summed E-state index contributed by atoms with van der Waals surface area (Å²) in [7, 11) is 0. The van der Waals surface area contributed by atoms with Gasteiger partial charge in [-0.2, -0.15) is 0 Å². The van der Waals surface area contributed by atoms with E-state index in [4.69, 9.17) is 9.47 Å². The van der Waals surface area contributed by atoms with Crippen LogP contribution in [0.4, 0.5) is 16.2 Å². The van der Waals surface area contributed by atoms with Crippen molar-refractivity contribution in [2.75, 3.05) is 13.2 Å². The number of benzene rings is 2. The van der Waals surface area contributed by atoms with Crippen LogP contribution in [0.3, 0.4) is 0 Å².